The Balaban J connectivity index is 1.27. The second-order valence-electron chi connectivity index (χ2n) is 9.65. The highest BCUT2D eigenvalue weighted by molar-refractivity contribution is 5.48. The second kappa shape index (κ2) is 9.24. The Morgan fingerprint density at radius 3 is 2.44 bits per heavy atom. The summed E-state index contributed by atoms with van der Waals surface area (Å²) in [5.41, 5.74) is 4.44. The molecule has 172 valence electrons. The molecule has 3 aliphatic rings. The van der Waals surface area contributed by atoms with Gasteiger partial charge in [0.25, 0.3) is 5.56 Å². The first-order valence-electron chi connectivity index (χ1n) is 12.1. The fourth-order valence-corrected chi connectivity index (χ4v) is 5.34. The maximum absolute atomic E-state index is 12.8. The molecule has 3 aliphatic heterocycles. The standard InChI is InChI=1S/C25H35N5O2/c1-18-14-30(15-19(2)32-18)25-26-23-17-28(13-10-22(23)24(31)27-25)16-20-6-8-21(9-7-20)29-11-4-3-5-12-29/h6-9,18-19H,3-5,10-17H2,1-2H3,(H,26,27,31). The van der Waals surface area contributed by atoms with Crippen molar-refractivity contribution in [2.24, 2.45) is 0 Å². The zero-order valence-corrected chi connectivity index (χ0v) is 19.3. The Morgan fingerprint density at radius 1 is 1.00 bits per heavy atom. The number of nitrogens with zero attached hydrogens (tertiary/aromatic N) is 4. The lowest BCUT2D eigenvalue weighted by Gasteiger charge is -2.36. The van der Waals surface area contributed by atoms with Gasteiger partial charge in [-0.2, -0.15) is 0 Å². The van der Waals surface area contributed by atoms with Gasteiger partial charge in [-0.15, -0.1) is 0 Å². The molecule has 1 aromatic heterocycles. The van der Waals surface area contributed by atoms with Crippen molar-refractivity contribution >= 4 is 11.6 Å². The van der Waals surface area contributed by atoms with Crippen molar-refractivity contribution in [1.29, 1.82) is 0 Å². The minimum absolute atomic E-state index is 0.0160. The molecule has 32 heavy (non-hydrogen) atoms. The van der Waals surface area contributed by atoms with E-state index in [9.17, 15) is 4.79 Å². The predicted octanol–water partition coefficient (Wildman–Crippen LogP) is 2.93. The average molecular weight is 438 g/mol. The van der Waals surface area contributed by atoms with Crippen LogP contribution in [0.4, 0.5) is 11.6 Å². The first-order chi connectivity index (χ1) is 15.5. The van der Waals surface area contributed by atoms with Crippen LogP contribution in [-0.2, 0) is 24.2 Å². The van der Waals surface area contributed by atoms with Gasteiger partial charge in [0.1, 0.15) is 0 Å². The van der Waals surface area contributed by atoms with E-state index >= 15 is 0 Å². The number of hydrogen-bond donors (Lipinski definition) is 1. The number of H-pyrrole nitrogens is 1. The maximum Gasteiger partial charge on any atom is 0.255 e. The molecule has 2 aromatic rings. The second-order valence-corrected chi connectivity index (χ2v) is 9.65. The molecule has 0 bridgehead atoms. The number of benzene rings is 1. The zero-order valence-electron chi connectivity index (χ0n) is 19.3. The van der Waals surface area contributed by atoms with Crippen molar-refractivity contribution in [2.75, 3.05) is 42.5 Å². The van der Waals surface area contributed by atoms with Crippen molar-refractivity contribution in [1.82, 2.24) is 14.9 Å². The number of rotatable bonds is 4. The SMILES string of the molecule is CC1CN(c2nc3c(c(=O)[nH]2)CCN(Cc2ccc(N4CCCCC4)cc2)C3)CC(C)O1. The molecule has 4 heterocycles. The van der Waals surface area contributed by atoms with Crippen molar-refractivity contribution in [3.05, 3.63) is 51.4 Å². The zero-order chi connectivity index (χ0) is 22.1. The third-order valence-electron chi connectivity index (χ3n) is 6.92. The summed E-state index contributed by atoms with van der Waals surface area (Å²) in [6, 6.07) is 9.04. The highest BCUT2D eigenvalue weighted by Gasteiger charge is 2.27. The molecule has 2 saturated heterocycles. The highest BCUT2D eigenvalue weighted by Crippen LogP contribution is 2.23. The van der Waals surface area contributed by atoms with Crippen LogP contribution in [0, 0.1) is 0 Å². The Kier molecular flexibility index (Phi) is 6.20. The van der Waals surface area contributed by atoms with Gasteiger partial charge in [0, 0.05) is 57.1 Å². The Labute approximate surface area is 190 Å². The molecular formula is C25H35N5O2. The fourth-order valence-electron chi connectivity index (χ4n) is 5.34. The molecule has 2 atom stereocenters. The fraction of sp³-hybridized carbons (Fsp3) is 0.600. The van der Waals surface area contributed by atoms with Gasteiger partial charge in [-0.25, -0.2) is 4.98 Å². The molecule has 0 amide bonds. The van der Waals surface area contributed by atoms with Crippen LogP contribution in [-0.4, -0.2) is 59.8 Å². The predicted molar refractivity (Wildman–Crippen MR) is 127 cm³/mol. The van der Waals surface area contributed by atoms with E-state index in [0.29, 0.717) is 5.95 Å². The minimum Gasteiger partial charge on any atom is -0.372 e. The Bertz CT molecular complexity index is 973. The molecule has 2 unspecified atom stereocenters. The molecule has 7 heteroatoms. The summed E-state index contributed by atoms with van der Waals surface area (Å²) < 4.78 is 5.84. The van der Waals surface area contributed by atoms with Gasteiger partial charge in [-0.05, 0) is 57.2 Å². The van der Waals surface area contributed by atoms with Crippen molar-refractivity contribution < 1.29 is 4.74 Å². The van der Waals surface area contributed by atoms with Crippen LogP contribution in [0.5, 0.6) is 0 Å². The topological polar surface area (TPSA) is 64.7 Å². The van der Waals surface area contributed by atoms with Gasteiger partial charge in [0.2, 0.25) is 5.95 Å². The molecule has 0 aliphatic carbocycles. The average Bonchev–Trinajstić information content (AvgIpc) is 2.79. The van der Waals surface area contributed by atoms with Crippen LogP contribution in [0.3, 0.4) is 0 Å². The number of nitrogens with one attached hydrogen (secondary N) is 1. The van der Waals surface area contributed by atoms with Gasteiger partial charge < -0.3 is 14.5 Å². The minimum atomic E-state index is 0.0160. The van der Waals surface area contributed by atoms with E-state index in [4.69, 9.17) is 9.72 Å². The van der Waals surface area contributed by atoms with Crippen LogP contribution in [0.15, 0.2) is 29.1 Å². The normalized spacial score (nSPS) is 24.4. The summed E-state index contributed by atoms with van der Waals surface area (Å²) >= 11 is 0. The molecule has 0 radical (unpaired) electrons. The lowest BCUT2D eigenvalue weighted by Crippen LogP contribution is -2.47. The van der Waals surface area contributed by atoms with Gasteiger partial charge in [-0.1, -0.05) is 12.1 Å². The molecule has 1 aromatic carbocycles. The van der Waals surface area contributed by atoms with E-state index < -0.39 is 0 Å². The molecule has 5 rings (SSSR count). The summed E-state index contributed by atoms with van der Waals surface area (Å²) in [4.78, 5) is 27.7. The summed E-state index contributed by atoms with van der Waals surface area (Å²) in [5.74, 6) is 0.684. The summed E-state index contributed by atoms with van der Waals surface area (Å²) in [6.45, 7) is 10.5. The van der Waals surface area contributed by atoms with Crippen molar-refractivity contribution in [3.63, 3.8) is 0 Å². The van der Waals surface area contributed by atoms with Crippen LogP contribution >= 0.6 is 0 Å². The lowest BCUT2D eigenvalue weighted by atomic mass is 10.1. The quantitative estimate of drug-likeness (QED) is 0.794. The van der Waals surface area contributed by atoms with Crippen LogP contribution in [0.25, 0.3) is 0 Å². The van der Waals surface area contributed by atoms with Gasteiger partial charge in [0.15, 0.2) is 0 Å². The van der Waals surface area contributed by atoms with E-state index in [2.05, 4.69) is 57.8 Å². The number of aromatic nitrogens is 2. The maximum atomic E-state index is 12.8. The molecule has 7 nitrogen and oxygen atoms in total. The number of morpholine rings is 1. The van der Waals surface area contributed by atoms with Crippen LogP contribution in [0.1, 0.15) is 49.9 Å². The van der Waals surface area contributed by atoms with E-state index in [1.54, 1.807) is 0 Å². The lowest BCUT2D eigenvalue weighted by molar-refractivity contribution is -0.00576. The smallest absolute Gasteiger partial charge is 0.255 e. The summed E-state index contributed by atoms with van der Waals surface area (Å²) in [5, 5.41) is 0. The molecule has 0 spiro atoms. The molecule has 0 saturated carbocycles. The Morgan fingerprint density at radius 2 is 1.72 bits per heavy atom. The van der Waals surface area contributed by atoms with E-state index in [1.807, 2.05) is 0 Å². The summed E-state index contributed by atoms with van der Waals surface area (Å²) in [6.07, 6.45) is 4.96. The van der Waals surface area contributed by atoms with Crippen LogP contribution < -0.4 is 15.4 Å². The molecule has 2 fully saturated rings. The van der Waals surface area contributed by atoms with Crippen molar-refractivity contribution in [2.45, 2.75) is 64.8 Å². The van der Waals surface area contributed by atoms with E-state index in [0.717, 1.165) is 50.4 Å². The van der Waals surface area contributed by atoms with Gasteiger partial charge >= 0.3 is 0 Å². The van der Waals surface area contributed by atoms with Crippen LogP contribution in [0.2, 0.25) is 0 Å². The monoisotopic (exact) mass is 437 g/mol. The largest absolute Gasteiger partial charge is 0.372 e. The number of anilines is 2. The number of hydrogen-bond acceptors (Lipinski definition) is 6. The number of fused-ring (bicyclic) bond motifs is 1. The van der Waals surface area contributed by atoms with E-state index in [1.165, 1.54) is 43.6 Å². The molecular weight excluding hydrogens is 402 g/mol. The number of piperidine rings is 1. The number of aromatic amines is 1. The highest BCUT2D eigenvalue weighted by atomic mass is 16.5. The van der Waals surface area contributed by atoms with Gasteiger partial charge in [-0.3, -0.25) is 14.7 Å². The van der Waals surface area contributed by atoms with Gasteiger partial charge in [0.05, 0.1) is 17.9 Å². The number of ether oxygens (including phenoxy) is 1. The Hall–Kier alpha value is -2.38. The van der Waals surface area contributed by atoms with Crippen molar-refractivity contribution in [3.8, 4) is 0 Å². The third-order valence-corrected chi connectivity index (χ3v) is 6.92. The first-order valence-corrected chi connectivity index (χ1v) is 12.1. The third kappa shape index (κ3) is 4.69. The molecule has 1 N–H and O–H groups in total. The van der Waals surface area contributed by atoms with E-state index in [-0.39, 0.29) is 17.8 Å². The first kappa shape index (κ1) is 21.5. The summed E-state index contributed by atoms with van der Waals surface area (Å²) in [7, 11) is 0.